The number of rotatable bonds is 2. The SMILES string of the molecule is CC12C=CN=C(Cl)C1=NC=C2OC(=O)C=O. The summed E-state index contributed by atoms with van der Waals surface area (Å²) in [5.74, 6) is -0.695. The van der Waals surface area contributed by atoms with Gasteiger partial charge >= 0.3 is 5.97 Å². The van der Waals surface area contributed by atoms with Gasteiger partial charge in [-0.05, 0) is 13.0 Å². The first kappa shape index (κ1) is 10.8. The number of fused-ring (bicyclic) bond motifs is 1. The van der Waals surface area contributed by atoms with Gasteiger partial charge in [0.25, 0.3) is 0 Å². The van der Waals surface area contributed by atoms with Gasteiger partial charge in [0, 0.05) is 6.20 Å². The van der Waals surface area contributed by atoms with E-state index in [2.05, 4.69) is 9.98 Å². The number of nitrogens with zero attached hydrogens (tertiary/aromatic N) is 2. The van der Waals surface area contributed by atoms with Crippen molar-refractivity contribution in [1.82, 2.24) is 0 Å². The molecule has 82 valence electrons. The number of ether oxygens (including phenoxy) is 1. The van der Waals surface area contributed by atoms with Crippen LogP contribution in [0.25, 0.3) is 0 Å². The van der Waals surface area contributed by atoms with E-state index < -0.39 is 11.4 Å². The Morgan fingerprint density at radius 3 is 3.00 bits per heavy atom. The minimum absolute atomic E-state index is 0.102. The van der Waals surface area contributed by atoms with E-state index >= 15 is 0 Å². The van der Waals surface area contributed by atoms with Gasteiger partial charge in [-0.3, -0.25) is 9.79 Å². The van der Waals surface area contributed by atoms with Gasteiger partial charge in [-0.2, -0.15) is 0 Å². The van der Waals surface area contributed by atoms with Crippen molar-refractivity contribution in [2.45, 2.75) is 6.92 Å². The van der Waals surface area contributed by atoms with Crippen LogP contribution in [0.15, 0.2) is 34.2 Å². The maximum absolute atomic E-state index is 10.9. The molecule has 2 aliphatic heterocycles. The summed E-state index contributed by atoms with van der Waals surface area (Å²) in [4.78, 5) is 29.0. The van der Waals surface area contributed by atoms with Crippen molar-refractivity contribution in [3.05, 3.63) is 24.2 Å². The molecule has 6 heteroatoms. The van der Waals surface area contributed by atoms with Gasteiger partial charge in [0.15, 0.2) is 5.17 Å². The second kappa shape index (κ2) is 3.68. The number of aliphatic imine (C=N–C) groups is 2. The van der Waals surface area contributed by atoms with E-state index in [0.717, 1.165) is 0 Å². The topological polar surface area (TPSA) is 68.1 Å². The molecule has 1 unspecified atom stereocenters. The normalized spacial score (nSPS) is 26.5. The number of carbonyl (C=O) groups is 2. The molecule has 0 saturated carbocycles. The number of halogens is 1. The molecule has 0 fully saturated rings. The van der Waals surface area contributed by atoms with E-state index in [9.17, 15) is 9.59 Å². The summed E-state index contributed by atoms with van der Waals surface area (Å²) < 4.78 is 4.86. The van der Waals surface area contributed by atoms with Crippen LogP contribution in [0.5, 0.6) is 0 Å². The molecule has 0 spiro atoms. The number of carbonyl (C=O) groups excluding carboxylic acids is 2. The average Bonchev–Trinajstić information content (AvgIpc) is 2.57. The van der Waals surface area contributed by atoms with Crippen molar-refractivity contribution in [1.29, 1.82) is 0 Å². The second-order valence-electron chi connectivity index (χ2n) is 3.45. The maximum Gasteiger partial charge on any atom is 0.376 e. The van der Waals surface area contributed by atoms with Crippen LogP contribution < -0.4 is 0 Å². The fourth-order valence-electron chi connectivity index (χ4n) is 1.51. The van der Waals surface area contributed by atoms with Crippen molar-refractivity contribution in [3.8, 4) is 0 Å². The van der Waals surface area contributed by atoms with E-state index in [1.54, 1.807) is 13.0 Å². The lowest BCUT2D eigenvalue weighted by molar-refractivity contribution is -0.146. The largest absolute Gasteiger partial charge is 0.423 e. The Morgan fingerprint density at radius 1 is 1.56 bits per heavy atom. The molecule has 1 atom stereocenters. The summed E-state index contributed by atoms with van der Waals surface area (Å²) in [6.07, 6.45) is 4.68. The molecule has 0 aromatic carbocycles. The third kappa shape index (κ3) is 1.49. The third-order valence-corrected chi connectivity index (χ3v) is 2.69. The summed E-state index contributed by atoms with van der Waals surface area (Å²) in [6.45, 7) is 1.77. The molecule has 2 aliphatic rings. The molecule has 2 heterocycles. The standard InChI is InChI=1S/C10H7ClN2O3/c1-10-2-3-12-9(11)8(10)13-4-6(10)16-7(15)5-14/h2-5H,1H3. The van der Waals surface area contributed by atoms with Crippen molar-refractivity contribution in [2.24, 2.45) is 15.4 Å². The molecule has 0 amide bonds. The summed E-state index contributed by atoms with van der Waals surface area (Å²) in [5, 5.41) is 0.249. The fourth-order valence-corrected chi connectivity index (χ4v) is 1.82. The van der Waals surface area contributed by atoms with Gasteiger partial charge in [0.05, 0.1) is 17.3 Å². The molecule has 0 aliphatic carbocycles. The molecule has 0 N–H and O–H groups in total. The first-order valence-electron chi connectivity index (χ1n) is 4.45. The van der Waals surface area contributed by atoms with Gasteiger partial charge in [0.2, 0.25) is 6.29 Å². The van der Waals surface area contributed by atoms with Crippen LogP contribution in [-0.2, 0) is 14.3 Å². The van der Waals surface area contributed by atoms with Crippen LogP contribution in [-0.4, -0.2) is 23.1 Å². The highest BCUT2D eigenvalue weighted by atomic mass is 35.5. The first-order chi connectivity index (χ1) is 7.58. The van der Waals surface area contributed by atoms with Gasteiger partial charge < -0.3 is 4.74 Å². The first-order valence-corrected chi connectivity index (χ1v) is 4.83. The summed E-state index contributed by atoms with van der Waals surface area (Å²) in [7, 11) is 0. The zero-order chi connectivity index (χ0) is 11.8. The van der Waals surface area contributed by atoms with Crippen LogP contribution in [0.3, 0.4) is 0 Å². The highest BCUT2D eigenvalue weighted by Gasteiger charge is 2.42. The predicted octanol–water partition coefficient (Wildman–Crippen LogP) is 1.20. The van der Waals surface area contributed by atoms with E-state index in [1.165, 1.54) is 12.4 Å². The molecule has 16 heavy (non-hydrogen) atoms. The molecule has 5 nitrogen and oxygen atoms in total. The van der Waals surface area contributed by atoms with E-state index in [0.29, 0.717) is 5.71 Å². The Bertz CT molecular complexity index is 490. The Morgan fingerprint density at radius 2 is 2.31 bits per heavy atom. The van der Waals surface area contributed by atoms with E-state index in [4.69, 9.17) is 16.3 Å². The lowest BCUT2D eigenvalue weighted by atomic mass is 9.83. The smallest absolute Gasteiger partial charge is 0.376 e. The highest BCUT2D eigenvalue weighted by molar-refractivity contribution is 6.85. The Kier molecular flexibility index (Phi) is 2.47. The molecule has 0 saturated heterocycles. The van der Waals surface area contributed by atoms with Crippen molar-refractivity contribution in [3.63, 3.8) is 0 Å². The average molecular weight is 239 g/mol. The Labute approximate surface area is 96.2 Å². The van der Waals surface area contributed by atoms with Crippen molar-refractivity contribution < 1.29 is 14.3 Å². The number of hydrogen-bond acceptors (Lipinski definition) is 5. The summed E-state index contributed by atoms with van der Waals surface area (Å²) in [6, 6.07) is 0. The highest BCUT2D eigenvalue weighted by Crippen LogP contribution is 2.38. The lowest BCUT2D eigenvalue weighted by Gasteiger charge is -2.25. The lowest BCUT2D eigenvalue weighted by Crippen LogP contribution is -2.32. The monoisotopic (exact) mass is 238 g/mol. The molecule has 2 rings (SSSR count). The van der Waals surface area contributed by atoms with E-state index in [1.807, 2.05) is 0 Å². The number of esters is 1. The number of hydrogen-bond donors (Lipinski definition) is 0. The summed E-state index contributed by atoms with van der Waals surface area (Å²) in [5.41, 5.74) is -0.220. The number of aldehydes is 1. The molecule has 0 aromatic heterocycles. The van der Waals surface area contributed by atoms with E-state index in [-0.39, 0.29) is 17.2 Å². The number of allylic oxidation sites excluding steroid dienone is 1. The van der Waals surface area contributed by atoms with Crippen LogP contribution in [0.1, 0.15) is 6.92 Å². The zero-order valence-electron chi connectivity index (χ0n) is 8.31. The summed E-state index contributed by atoms with van der Waals surface area (Å²) >= 11 is 5.87. The fraction of sp³-hybridized carbons (Fsp3) is 0.200. The second-order valence-corrected chi connectivity index (χ2v) is 3.81. The minimum Gasteiger partial charge on any atom is -0.423 e. The Balaban J connectivity index is 2.30. The minimum atomic E-state index is -0.962. The quantitative estimate of drug-likeness (QED) is 0.412. The van der Waals surface area contributed by atoms with Crippen molar-refractivity contribution >= 4 is 34.7 Å². The van der Waals surface area contributed by atoms with Gasteiger partial charge in [0.1, 0.15) is 5.76 Å². The van der Waals surface area contributed by atoms with Gasteiger partial charge in [-0.25, -0.2) is 9.79 Å². The van der Waals surface area contributed by atoms with Gasteiger partial charge in [-0.1, -0.05) is 11.6 Å². The van der Waals surface area contributed by atoms with Crippen LogP contribution in [0, 0.1) is 5.41 Å². The molecule has 0 radical (unpaired) electrons. The van der Waals surface area contributed by atoms with Crippen LogP contribution in [0.2, 0.25) is 0 Å². The van der Waals surface area contributed by atoms with Gasteiger partial charge in [-0.15, -0.1) is 0 Å². The Hall–Kier alpha value is -1.75. The molecular formula is C10H7ClN2O3. The third-order valence-electron chi connectivity index (χ3n) is 2.41. The molecular weight excluding hydrogens is 232 g/mol. The predicted molar refractivity (Wildman–Crippen MR) is 58.2 cm³/mol. The maximum atomic E-state index is 10.9. The van der Waals surface area contributed by atoms with Crippen LogP contribution in [0.4, 0.5) is 0 Å². The van der Waals surface area contributed by atoms with Crippen LogP contribution >= 0.6 is 11.6 Å². The molecule has 0 aromatic rings. The zero-order valence-corrected chi connectivity index (χ0v) is 9.06. The van der Waals surface area contributed by atoms with Crippen molar-refractivity contribution in [2.75, 3.05) is 0 Å². The molecule has 0 bridgehead atoms.